The summed E-state index contributed by atoms with van der Waals surface area (Å²) in [5, 5.41) is 9.15. The summed E-state index contributed by atoms with van der Waals surface area (Å²) in [6.45, 7) is 6.21. The molecular weight excluding hydrogens is 264 g/mol. The Bertz CT molecular complexity index is 581. The van der Waals surface area contributed by atoms with Crippen LogP contribution in [0, 0.1) is 11.3 Å². The van der Waals surface area contributed by atoms with Gasteiger partial charge in [0.25, 0.3) is 0 Å². The summed E-state index contributed by atoms with van der Waals surface area (Å²) in [5.41, 5.74) is 2.62. The maximum absolute atomic E-state index is 12.0. The molecule has 1 amide bonds. The van der Waals surface area contributed by atoms with E-state index in [0.29, 0.717) is 6.54 Å². The minimum atomic E-state index is -0.479. The van der Waals surface area contributed by atoms with Crippen molar-refractivity contribution in [3.63, 3.8) is 0 Å². The molecule has 4 nitrogen and oxygen atoms in total. The van der Waals surface area contributed by atoms with Crippen LogP contribution < -0.4 is 0 Å². The highest BCUT2D eigenvalue weighted by molar-refractivity contribution is 5.68. The molecule has 21 heavy (non-hydrogen) atoms. The van der Waals surface area contributed by atoms with Crippen LogP contribution in [0.4, 0.5) is 4.79 Å². The first-order chi connectivity index (χ1) is 9.81. The fourth-order valence-electron chi connectivity index (χ4n) is 2.78. The Kier molecular flexibility index (Phi) is 4.22. The quantitative estimate of drug-likeness (QED) is 0.836. The molecule has 1 aliphatic rings. The Balaban J connectivity index is 2.07. The molecular formula is C17H22N2O2. The zero-order chi connectivity index (χ0) is 15.6. The van der Waals surface area contributed by atoms with Crippen LogP contribution in [0.15, 0.2) is 18.2 Å². The van der Waals surface area contributed by atoms with Gasteiger partial charge >= 0.3 is 6.09 Å². The largest absolute Gasteiger partial charge is 0.444 e. The summed E-state index contributed by atoms with van der Waals surface area (Å²) in [6, 6.07) is 8.10. The van der Waals surface area contributed by atoms with Crippen LogP contribution in [-0.2, 0) is 11.2 Å². The van der Waals surface area contributed by atoms with Crippen LogP contribution >= 0.6 is 0 Å². The monoisotopic (exact) mass is 286 g/mol. The van der Waals surface area contributed by atoms with Gasteiger partial charge in [0.2, 0.25) is 0 Å². The highest BCUT2D eigenvalue weighted by Gasteiger charge is 2.28. The third kappa shape index (κ3) is 3.55. The van der Waals surface area contributed by atoms with E-state index in [-0.39, 0.29) is 12.0 Å². The first-order valence-corrected chi connectivity index (χ1v) is 7.28. The second-order valence-corrected chi connectivity index (χ2v) is 6.58. The number of rotatable bonds is 2. The van der Waals surface area contributed by atoms with Crippen LogP contribution in [0.25, 0.3) is 0 Å². The van der Waals surface area contributed by atoms with E-state index in [1.54, 1.807) is 11.9 Å². The Hall–Kier alpha value is -2.02. The van der Waals surface area contributed by atoms with Crippen molar-refractivity contribution in [3.05, 3.63) is 34.9 Å². The lowest BCUT2D eigenvalue weighted by Crippen LogP contribution is -2.36. The minimum absolute atomic E-state index is 0.283. The lowest BCUT2D eigenvalue weighted by molar-refractivity contribution is 0.0288. The molecule has 0 N–H and O–H groups in total. The zero-order valence-electron chi connectivity index (χ0n) is 13.1. The molecule has 1 aromatic rings. The Morgan fingerprint density at radius 3 is 2.81 bits per heavy atom. The Morgan fingerprint density at radius 1 is 1.48 bits per heavy atom. The van der Waals surface area contributed by atoms with Gasteiger partial charge in [0, 0.05) is 19.5 Å². The van der Waals surface area contributed by atoms with Crippen molar-refractivity contribution in [1.82, 2.24) is 4.90 Å². The number of ether oxygens (including phenoxy) is 1. The summed E-state index contributed by atoms with van der Waals surface area (Å²) in [6.07, 6.45) is 1.58. The molecule has 1 aliphatic carbocycles. The standard InChI is InChI=1S/C17H22N2O2/c1-17(2,3)21-16(20)19(4)11-13-8-9-15-12(10-18)6-5-7-14(13)15/h5-7,13H,8-9,11H2,1-4H3/t13-/m0/s1. The van der Waals surface area contributed by atoms with Crippen molar-refractivity contribution >= 4 is 6.09 Å². The van der Waals surface area contributed by atoms with Gasteiger partial charge in [0.15, 0.2) is 0 Å². The number of carbonyl (C=O) groups is 1. The normalized spacial score (nSPS) is 17.0. The highest BCUT2D eigenvalue weighted by atomic mass is 16.6. The minimum Gasteiger partial charge on any atom is -0.444 e. The SMILES string of the molecule is CN(C[C@@H]1CCc2c(C#N)cccc21)C(=O)OC(C)(C)C. The molecule has 0 aromatic heterocycles. The molecule has 112 valence electrons. The predicted octanol–water partition coefficient (Wildman–Crippen LogP) is 3.45. The molecule has 4 heteroatoms. The number of amides is 1. The summed E-state index contributed by atoms with van der Waals surface area (Å²) in [5.74, 6) is 0.283. The zero-order valence-corrected chi connectivity index (χ0v) is 13.1. The van der Waals surface area contributed by atoms with E-state index in [1.807, 2.05) is 32.9 Å². The smallest absolute Gasteiger partial charge is 0.410 e. The van der Waals surface area contributed by atoms with Crippen LogP contribution in [0.3, 0.4) is 0 Å². The van der Waals surface area contributed by atoms with Crippen molar-refractivity contribution in [3.8, 4) is 6.07 Å². The maximum Gasteiger partial charge on any atom is 0.410 e. The molecule has 0 saturated heterocycles. The second kappa shape index (κ2) is 5.77. The van der Waals surface area contributed by atoms with Gasteiger partial charge in [-0.2, -0.15) is 5.26 Å². The van der Waals surface area contributed by atoms with Gasteiger partial charge in [-0.15, -0.1) is 0 Å². The number of hydrogen-bond acceptors (Lipinski definition) is 3. The second-order valence-electron chi connectivity index (χ2n) is 6.58. The maximum atomic E-state index is 12.0. The first-order valence-electron chi connectivity index (χ1n) is 7.28. The van der Waals surface area contributed by atoms with E-state index < -0.39 is 5.60 Å². The van der Waals surface area contributed by atoms with Crippen molar-refractivity contribution < 1.29 is 9.53 Å². The number of nitriles is 1. The van der Waals surface area contributed by atoms with E-state index in [2.05, 4.69) is 12.1 Å². The Labute approximate surface area is 126 Å². The van der Waals surface area contributed by atoms with Crippen molar-refractivity contribution in [2.45, 2.75) is 45.1 Å². The van der Waals surface area contributed by atoms with Gasteiger partial charge in [-0.1, -0.05) is 12.1 Å². The molecule has 2 rings (SSSR count). The first kappa shape index (κ1) is 15.4. The van der Waals surface area contributed by atoms with Crippen LogP contribution in [0.2, 0.25) is 0 Å². The molecule has 1 atom stereocenters. The third-order valence-corrected chi connectivity index (χ3v) is 3.71. The lowest BCUT2D eigenvalue weighted by Gasteiger charge is -2.26. The van der Waals surface area contributed by atoms with Gasteiger partial charge in [-0.05, 0) is 50.8 Å². The van der Waals surface area contributed by atoms with Gasteiger partial charge in [-0.25, -0.2) is 4.79 Å². The highest BCUT2D eigenvalue weighted by Crippen LogP contribution is 2.35. The summed E-state index contributed by atoms with van der Waals surface area (Å²) in [4.78, 5) is 13.7. The van der Waals surface area contributed by atoms with E-state index in [9.17, 15) is 4.79 Å². The fraction of sp³-hybridized carbons (Fsp3) is 0.529. The lowest BCUT2D eigenvalue weighted by atomic mass is 9.98. The van der Waals surface area contributed by atoms with Gasteiger partial charge in [-0.3, -0.25) is 0 Å². The molecule has 0 heterocycles. The van der Waals surface area contributed by atoms with E-state index >= 15 is 0 Å². The molecule has 0 bridgehead atoms. The average molecular weight is 286 g/mol. The number of fused-ring (bicyclic) bond motifs is 1. The van der Waals surface area contributed by atoms with Gasteiger partial charge < -0.3 is 9.64 Å². The third-order valence-electron chi connectivity index (χ3n) is 3.71. The molecule has 0 spiro atoms. The number of benzene rings is 1. The van der Waals surface area contributed by atoms with Crippen molar-refractivity contribution in [2.75, 3.05) is 13.6 Å². The van der Waals surface area contributed by atoms with Crippen molar-refractivity contribution in [1.29, 1.82) is 5.26 Å². The number of nitrogens with zero attached hydrogens (tertiary/aromatic N) is 2. The number of likely N-dealkylation sites (N-methyl/N-ethyl adjacent to an activating group) is 1. The van der Waals surface area contributed by atoms with E-state index in [0.717, 1.165) is 24.0 Å². The van der Waals surface area contributed by atoms with Crippen LogP contribution in [-0.4, -0.2) is 30.2 Å². The van der Waals surface area contributed by atoms with Gasteiger partial charge in [0.05, 0.1) is 11.6 Å². The summed E-state index contributed by atoms with van der Waals surface area (Å²) < 4.78 is 5.38. The van der Waals surface area contributed by atoms with E-state index in [4.69, 9.17) is 10.00 Å². The predicted molar refractivity (Wildman–Crippen MR) is 81.1 cm³/mol. The molecule has 0 aliphatic heterocycles. The fourth-order valence-corrected chi connectivity index (χ4v) is 2.78. The molecule has 0 saturated carbocycles. The van der Waals surface area contributed by atoms with E-state index in [1.165, 1.54) is 5.56 Å². The topological polar surface area (TPSA) is 53.3 Å². The molecule has 1 aromatic carbocycles. The molecule has 0 radical (unpaired) electrons. The Morgan fingerprint density at radius 2 is 2.19 bits per heavy atom. The summed E-state index contributed by atoms with van der Waals surface area (Å²) >= 11 is 0. The molecule has 0 fully saturated rings. The van der Waals surface area contributed by atoms with Crippen molar-refractivity contribution in [2.24, 2.45) is 0 Å². The van der Waals surface area contributed by atoms with Crippen LogP contribution in [0.5, 0.6) is 0 Å². The van der Waals surface area contributed by atoms with Crippen LogP contribution in [0.1, 0.15) is 49.8 Å². The molecule has 0 unspecified atom stereocenters. The number of hydrogen-bond donors (Lipinski definition) is 0. The number of carbonyl (C=O) groups excluding carboxylic acids is 1. The van der Waals surface area contributed by atoms with Gasteiger partial charge in [0.1, 0.15) is 5.60 Å². The average Bonchev–Trinajstić information content (AvgIpc) is 2.80. The summed E-state index contributed by atoms with van der Waals surface area (Å²) in [7, 11) is 1.76.